The summed E-state index contributed by atoms with van der Waals surface area (Å²) in [5.41, 5.74) is 15.0. The van der Waals surface area contributed by atoms with E-state index in [1.165, 1.54) is 0 Å². The Morgan fingerprint density at radius 1 is 1.07 bits per heavy atom. The fraction of sp³-hybridized carbons (Fsp3) is 0.278. The third-order valence-electron chi connectivity index (χ3n) is 3.67. The fourth-order valence-electron chi connectivity index (χ4n) is 2.35. The molecule has 1 amide bonds. The van der Waals surface area contributed by atoms with E-state index in [4.69, 9.17) is 20.2 Å². The Morgan fingerprint density at radius 3 is 2.36 bits per heavy atom. The number of nitrogens with two attached hydrogens (primary N) is 1. The first-order valence-electron chi connectivity index (χ1n) is 8.36. The molecule has 0 aliphatic carbocycles. The number of rotatable bonds is 11. The van der Waals surface area contributed by atoms with Crippen LogP contribution in [0.5, 0.6) is 5.75 Å². The fourth-order valence-corrected chi connectivity index (χ4v) is 3.35. The molecular weight excluding hydrogens is 384 g/mol. The predicted molar refractivity (Wildman–Crippen MR) is 103 cm³/mol. The smallest absolute Gasteiger partial charge is 0.271 e. The molecular formula is C18H20N4O5S. The number of benzene rings is 2. The molecule has 0 saturated heterocycles. The van der Waals surface area contributed by atoms with Crippen molar-refractivity contribution in [1.82, 2.24) is 0 Å². The lowest BCUT2D eigenvalue weighted by Gasteiger charge is -2.10. The first-order valence-corrected chi connectivity index (χ1v) is 9.93. The molecule has 0 heterocycles. The second-order valence-electron chi connectivity index (χ2n) is 5.83. The minimum absolute atomic E-state index is 0.0516. The normalized spacial score (nSPS) is 12.0. The van der Waals surface area contributed by atoms with Crippen molar-refractivity contribution in [3.05, 3.63) is 76.2 Å². The second kappa shape index (κ2) is 10.3. The standard InChI is InChI=1S/C18H20N4O5S/c19-18(23)17(21-22-20)12-14-6-8-16(9-7-14)26-10-11-27-28(24,25)13-15-4-2-1-3-5-15/h1-9,17H,10-13H2,(H2,19,23)/t17-/m0/s1. The molecule has 148 valence electrons. The van der Waals surface area contributed by atoms with Crippen molar-refractivity contribution in [3.63, 3.8) is 0 Å². The zero-order chi connectivity index (χ0) is 20.4. The minimum Gasteiger partial charge on any atom is -0.491 e. The third-order valence-corrected chi connectivity index (χ3v) is 4.89. The molecule has 0 radical (unpaired) electrons. The molecule has 9 nitrogen and oxygen atoms in total. The van der Waals surface area contributed by atoms with Gasteiger partial charge in [-0.15, -0.1) is 0 Å². The van der Waals surface area contributed by atoms with Crippen LogP contribution in [0, 0.1) is 0 Å². The van der Waals surface area contributed by atoms with Crippen molar-refractivity contribution in [3.8, 4) is 5.75 Å². The average Bonchev–Trinajstić information content (AvgIpc) is 2.66. The Hall–Kier alpha value is -3.07. The van der Waals surface area contributed by atoms with E-state index in [1.807, 2.05) is 0 Å². The van der Waals surface area contributed by atoms with Crippen LogP contribution in [0.3, 0.4) is 0 Å². The van der Waals surface area contributed by atoms with Crippen molar-refractivity contribution >= 4 is 16.0 Å². The molecule has 10 heteroatoms. The summed E-state index contributed by atoms with van der Waals surface area (Å²) in [4.78, 5) is 13.8. The largest absolute Gasteiger partial charge is 0.491 e. The molecule has 0 fully saturated rings. The van der Waals surface area contributed by atoms with Crippen molar-refractivity contribution in [2.45, 2.75) is 18.2 Å². The van der Waals surface area contributed by atoms with Crippen LogP contribution in [-0.2, 0) is 31.3 Å². The summed E-state index contributed by atoms with van der Waals surface area (Å²) in [6, 6.07) is 14.5. The lowest BCUT2D eigenvalue weighted by molar-refractivity contribution is -0.119. The van der Waals surface area contributed by atoms with Crippen LogP contribution in [0.2, 0.25) is 0 Å². The van der Waals surface area contributed by atoms with Crippen molar-refractivity contribution in [2.75, 3.05) is 13.2 Å². The van der Waals surface area contributed by atoms with Crippen LogP contribution in [0.1, 0.15) is 11.1 Å². The molecule has 2 aromatic carbocycles. The summed E-state index contributed by atoms with van der Waals surface area (Å²) in [6.45, 7) is -0.0619. The van der Waals surface area contributed by atoms with Gasteiger partial charge in [-0.25, -0.2) is 0 Å². The van der Waals surface area contributed by atoms with Gasteiger partial charge in [-0.05, 0) is 35.2 Å². The summed E-state index contributed by atoms with van der Waals surface area (Å²) < 4.78 is 34.2. The van der Waals surface area contributed by atoms with Gasteiger partial charge in [0.05, 0.1) is 0 Å². The Bertz CT molecular complexity index is 924. The highest BCUT2D eigenvalue weighted by atomic mass is 32.2. The van der Waals surface area contributed by atoms with Gasteiger partial charge < -0.3 is 10.5 Å². The van der Waals surface area contributed by atoms with Crippen molar-refractivity contribution in [1.29, 1.82) is 0 Å². The highest BCUT2D eigenvalue weighted by Gasteiger charge is 2.14. The summed E-state index contributed by atoms with van der Waals surface area (Å²) in [7, 11) is -3.69. The van der Waals surface area contributed by atoms with E-state index in [-0.39, 0.29) is 25.4 Å². The van der Waals surface area contributed by atoms with E-state index >= 15 is 0 Å². The van der Waals surface area contributed by atoms with Crippen LogP contribution >= 0.6 is 0 Å². The van der Waals surface area contributed by atoms with E-state index in [0.29, 0.717) is 11.3 Å². The molecule has 28 heavy (non-hydrogen) atoms. The van der Waals surface area contributed by atoms with Gasteiger partial charge in [0.2, 0.25) is 5.91 Å². The summed E-state index contributed by atoms with van der Waals surface area (Å²) in [6.07, 6.45) is 0.181. The zero-order valence-electron chi connectivity index (χ0n) is 15.0. The van der Waals surface area contributed by atoms with E-state index in [1.54, 1.807) is 54.6 Å². The first-order chi connectivity index (χ1) is 13.4. The molecule has 0 bridgehead atoms. The second-order valence-corrected chi connectivity index (χ2v) is 7.47. The number of hydrogen-bond acceptors (Lipinski definition) is 6. The number of carbonyl (C=O) groups excluding carboxylic acids is 1. The van der Waals surface area contributed by atoms with E-state index in [9.17, 15) is 13.2 Å². The number of carbonyl (C=O) groups is 1. The van der Waals surface area contributed by atoms with Crippen LogP contribution < -0.4 is 10.5 Å². The molecule has 0 aromatic heterocycles. The quantitative estimate of drug-likeness (QED) is 0.201. The van der Waals surface area contributed by atoms with Gasteiger partial charge in [0.15, 0.2) is 0 Å². The lowest BCUT2D eigenvalue weighted by atomic mass is 10.1. The van der Waals surface area contributed by atoms with Crippen LogP contribution in [-0.4, -0.2) is 33.6 Å². The summed E-state index contributed by atoms with van der Waals surface area (Å²) in [5, 5.41) is 3.36. The van der Waals surface area contributed by atoms with E-state index in [2.05, 4.69) is 10.0 Å². The Kier molecular flexibility index (Phi) is 7.82. The Balaban J connectivity index is 1.78. The van der Waals surface area contributed by atoms with Crippen molar-refractivity contribution < 1.29 is 22.1 Å². The summed E-state index contributed by atoms with van der Waals surface area (Å²) in [5.74, 6) is -0.395. The molecule has 0 aliphatic heterocycles. The monoisotopic (exact) mass is 404 g/mol. The molecule has 0 spiro atoms. The van der Waals surface area contributed by atoms with Crippen LogP contribution in [0.15, 0.2) is 59.7 Å². The Labute approximate surface area is 162 Å². The highest BCUT2D eigenvalue weighted by molar-refractivity contribution is 7.85. The number of azide groups is 1. The number of amides is 1. The molecule has 2 rings (SSSR count). The maximum absolute atomic E-state index is 11.9. The minimum atomic E-state index is -3.69. The van der Waals surface area contributed by atoms with Gasteiger partial charge in [0, 0.05) is 4.91 Å². The van der Waals surface area contributed by atoms with E-state index < -0.39 is 22.1 Å². The predicted octanol–water partition coefficient (Wildman–Crippen LogP) is 2.32. The maximum atomic E-state index is 11.9. The van der Waals surface area contributed by atoms with Gasteiger partial charge in [0.1, 0.15) is 30.8 Å². The summed E-state index contributed by atoms with van der Waals surface area (Å²) >= 11 is 0. The zero-order valence-corrected chi connectivity index (χ0v) is 15.8. The number of hydrogen-bond donors (Lipinski definition) is 1. The van der Waals surface area contributed by atoms with Crippen LogP contribution in [0.4, 0.5) is 0 Å². The number of primary amides is 1. The van der Waals surface area contributed by atoms with Gasteiger partial charge in [0.25, 0.3) is 10.1 Å². The molecule has 0 unspecified atom stereocenters. The van der Waals surface area contributed by atoms with Crippen LogP contribution in [0.25, 0.3) is 10.4 Å². The molecule has 2 aromatic rings. The topological polar surface area (TPSA) is 144 Å². The lowest BCUT2D eigenvalue weighted by Crippen LogP contribution is -2.28. The Morgan fingerprint density at radius 2 is 1.75 bits per heavy atom. The van der Waals surface area contributed by atoms with Gasteiger partial charge >= 0.3 is 0 Å². The first kappa shape index (κ1) is 21.2. The van der Waals surface area contributed by atoms with Gasteiger partial charge in [-0.3, -0.25) is 8.98 Å². The number of nitrogens with zero attached hydrogens (tertiary/aromatic N) is 3. The van der Waals surface area contributed by atoms with Crippen molar-refractivity contribution in [2.24, 2.45) is 10.8 Å². The average molecular weight is 404 g/mol. The molecule has 0 aliphatic rings. The maximum Gasteiger partial charge on any atom is 0.271 e. The SMILES string of the molecule is [N-]=[N+]=N[C@@H](Cc1ccc(OCCOS(=O)(=O)Cc2ccccc2)cc1)C(N)=O. The van der Waals surface area contributed by atoms with Gasteiger partial charge in [-0.1, -0.05) is 47.6 Å². The molecule has 2 N–H and O–H groups in total. The third kappa shape index (κ3) is 7.28. The van der Waals surface area contributed by atoms with E-state index in [0.717, 1.165) is 5.56 Å². The number of ether oxygens (including phenoxy) is 1. The van der Waals surface area contributed by atoms with Gasteiger partial charge in [-0.2, -0.15) is 8.42 Å². The highest BCUT2D eigenvalue weighted by Crippen LogP contribution is 2.15. The molecule has 0 saturated carbocycles. The molecule has 1 atom stereocenters.